The summed E-state index contributed by atoms with van der Waals surface area (Å²) in [5, 5.41) is 23.3. The third-order valence-electron chi connectivity index (χ3n) is 5.52. The number of hydrogen-bond donors (Lipinski definition) is 2. The molecule has 0 aliphatic carbocycles. The molecule has 29 heavy (non-hydrogen) atoms. The van der Waals surface area contributed by atoms with Crippen LogP contribution in [0.5, 0.6) is 5.88 Å². The number of halogens is 1. The van der Waals surface area contributed by atoms with Crippen LogP contribution >= 0.6 is 11.6 Å². The molecule has 2 aliphatic heterocycles. The molecule has 4 rings (SSSR count). The molecule has 1 aromatic heterocycles. The highest BCUT2D eigenvalue weighted by Gasteiger charge is 2.49. The van der Waals surface area contributed by atoms with Gasteiger partial charge >= 0.3 is 11.7 Å². The number of rotatable bonds is 1. The van der Waals surface area contributed by atoms with Crippen molar-refractivity contribution in [3.05, 3.63) is 44.5 Å². The van der Waals surface area contributed by atoms with Gasteiger partial charge in [-0.3, -0.25) is 4.57 Å². The number of carbonyl (C=O) groups is 1. The highest BCUT2D eigenvalue weighted by molar-refractivity contribution is 6.32. The zero-order chi connectivity index (χ0) is 21.2. The van der Waals surface area contributed by atoms with Crippen LogP contribution in [0.2, 0.25) is 5.02 Å². The van der Waals surface area contributed by atoms with E-state index in [-0.39, 0.29) is 40.2 Å². The molecule has 8 nitrogen and oxygen atoms in total. The minimum Gasteiger partial charge on any atom is -0.493 e. The van der Waals surface area contributed by atoms with E-state index < -0.39 is 0 Å². The van der Waals surface area contributed by atoms with Gasteiger partial charge in [0.2, 0.25) is 5.88 Å². The Morgan fingerprint density at radius 2 is 2.07 bits per heavy atom. The number of aromatic nitrogens is 2. The first-order valence-corrected chi connectivity index (χ1v) is 9.77. The van der Waals surface area contributed by atoms with Crippen molar-refractivity contribution in [3.8, 4) is 17.6 Å². The molecule has 0 radical (unpaired) electrons. The number of carbonyl (C=O) groups excluding carboxylic acids is 1. The Morgan fingerprint density at radius 3 is 2.69 bits per heavy atom. The second-order valence-electron chi connectivity index (χ2n) is 8.62. The molecule has 1 fully saturated rings. The fourth-order valence-electron chi connectivity index (χ4n) is 4.28. The van der Waals surface area contributed by atoms with Crippen LogP contribution in [0, 0.1) is 18.3 Å². The monoisotopic (exact) mass is 415 g/mol. The van der Waals surface area contributed by atoms with E-state index in [1.54, 1.807) is 22.5 Å². The summed E-state index contributed by atoms with van der Waals surface area (Å²) in [6.45, 7) is 7.82. The molecule has 2 atom stereocenters. The normalized spacial score (nSPS) is 19.9. The third kappa shape index (κ3) is 2.80. The average Bonchev–Trinajstić information content (AvgIpc) is 3.28. The van der Waals surface area contributed by atoms with Crippen molar-refractivity contribution in [2.75, 3.05) is 6.54 Å². The van der Waals surface area contributed by atoms with Crippen molar-refractivity contribution < 1.29 is 9.90 Å². The highest BCUT2D eigenvalue weighted by Crippen LogP contribution is 2.48. The van der Waals surface area contributed by atoms with Gasteiger partial charge < -0.3 is 15.3 Å². The van der Waals surface area contributed by atoms with E-state index in [4.69, 9.17) is 16.9 Å². The van der Waals surface area contributed by atoms with Crippen LogP contribution < -0.4 is 11.0 Å². The van der Waals surface area contributed by atoms with Crippen molar-refractivity contribution in [1.82, 2.24) is 19.4 Å². The number of hydrogen-bond acceptors (Lipinski definition) is 4. The van der Waals surface area contributed by atoms with Crippen LogP contribution in [-0.4, -0.2) is 37.3 Å². The van der Waals surface area contributed by atoms with Crippen molar-refractivity contribution >= 4 is 17.6 Å². The summed E-state index contributed by atoms with van der Waals surface area (Å²) in [4.78, 5) is 27.5. The first-order chi connectivity index (χ1) is 13.5. The molecule has 2 bridgehead atoms. The fraction of sp³-hybridized carbons (Fsp3) is 0.450. The van der Waals surface area contributed by atoms with Crippen LogP contribution in [0.15, 0.2) is 16.9 Å². The van der Waals surface area contributed by atoms with Crippen LogP contribution in [-0.2, 0) is 0 Å². The van der Waals surface area contributed by atoms with E-state index in [0.717, 1.165) is 0 Å². The van der Waals surface area contributed by atoms with Gasteiger partial charge in [0.1, 0.15) is 11.8 Å². The van der Waals surface area contributed by atoms with Gasteiger partial charge in [-0.1, -0.05) is 11.6 Å². The second kappa shape index (κ2) is 6.29. The molecule has 2 aliphatic rings. The van der Waals surface area contributed by atoms with Crippen LogP contribution in [0.4, 0.5) is 4.79 Å². The molecular weight excluding hydrogens is 394 g/mol. The van der Waals surface area contributed by atoms with Crippen molar-refractivity contribution in [2.45, 2.75) is 51.7 Å². The van der Waals surface area contributed by atoms with Gasteiger partial charge in [-0.15, -0.1) is 0 Å². The summed E-state index contributed by atoms with van der Waals surface area (Å²) in [6, 6.07) is 4.36. The molecule has 152 valence electrons. The first kappa shape index (κ1) is 19.4. The van der Waals surface area contributed by atoms with Gasteiger partial charge in [-0.05, 0) is 51.8 Å². The van der Waals surface area contributed by atoms with Crippen molar-refractivity contribution in [1.29, 1.82) is 5.26 Å². The smallest absolute Gasteiger partial charge is 0.336 e. The summed E-state index contributed by atoms with van der Waals surface area (Å²) >= 11 is 6.26. The largest absolute Gasteiger partial charge is 0.493 e. The zero-order valence-electron chi connectivity index (χ0n) is 16.7. The van der Waals surface area contributed by atoms with Crippen molar-refractivity contribution in [3.63, 3.8) is 0 Å². The SMILES string of the molecule is Cc1c(-n2c(O)c3n(c2=O)C2CC3N(C(=O)NC(C)(C)C)C2)ccc(C#N)c1Cl. The van der Waals surface area contributed by atoms with Gasteiger partial charge in [0.15, 0.2) is 0 Å². The number of aromatic hydroxyl groups is 1. The number of benzene rings is 1. The number of fused-ring (bicyclic) bond motifs is 5. The Morgan fingerprint density at radius 1 is 1.38 bits per heavy atom. The average molecular weight is 416 g/mol. The molecule has 0 saturated carbocycles. The number of amides is 2. The summed E-state index contributed by atoms with van der Waals surface area (Å²) in [6.07, 6.45) is 0.601. The minimum absolute atomic E-state index is 0.186. The summed E-state index contributed by atoms with van der Waals surface area (Å²) in [7, 11) is 0. The van der Waals surface area contributed by atoms with Gasteiger partial charge in [0.05, 0.1) is 28.4 Å². The highest BCUT2D eigenvalue weighted by atomic mass is 35.5. The number of imidazole rings is 1. The third-order valence-corrected chi connectivity index (χ3v) is 6.01. The first-order valence-electron chi connectivity index (χ1n) is 9.39. The maximum absolute atomic E-state index is 13.1. The molecule has 3 heterocycles. The molecule has 2 N–H and O–H groups in total. The molecule has 1 aromatic carbocycles. The van der Waals surface area contributed by atoms with Gasteiger partial charge in [0.25, 0.3) is 0 Å². The predicted molar refractivity (Wildman–Crippen MR) is 108 cm³/mol. The van der Waals surface area contributed by atoms with E-state index in [0.29, 0.717) is 35.5 Å². The molecule has 2 amide bonds. The van der Waals surface area contributed by atoms with E-state index >= 15 is 0 Å². The minimum atomic E-state index is -0.386. The van der Waals surface area contributed by atoms with Crippen molar-refractivity contribution in [2.24, 2.45) is 0 Å². The molecule has 2 aromatic rings. The molecule has 9 heteroatoms. The zero-order valence-corrected chi connectivity index (χ0v) is 17.4. The molecule has 0 spiro atoms. The van der Waals surface area contributed by atoms with E-state index in [9.17, 15) is 14.7 Å². The van der Waals surface area contributed by atoms with Gasteiger partial charge in [0, 0.05) is 12.1 Å². The molecular formula is C20H22ClN5O3. The van der Waals surface area contributed by atoms with Crippen LogP contribution in [0.1, 0.15) is 56.1 Å². The maximum atomic E-state index is 13.1. The number of nitrogens with zero attached hydrogens (tertiary/aromatic N) is 4. The van der Waals surface area contributed by atoms with Crippen LogP contribution in [0.3, 0.4) is 0 Å². The van der Waals surface area contributed by atoms with Crippen LogP contribution in [0.25, 0.3) is 5.69 Å². The fourth-order valence-corrected chi connectivity index (χ4v) is 4.49. The Labute approximate surface area is 172 Å². The summed E-state index contributed by atoms with van der Waals surface area (Å²) in [5.74, 6) is -0.195. The lowest BCUT2D eigenvalue weighted by Gasteiger charge is -2.31. The standard InChI is InChI=1S/C20H22ClN5O3/c1-10-13(6-5-11(8-22)15(10)21)26-17(27)16-14-7-12(25(16)19(26)29)9-24(14)18(28)23-20(2,3)4/h5-6,12,14,27H,7,9H2,1-4H3,(H,23,28). The summed E-state index contributed by atoms with van der Waals surface area (Å²) in [5.41, 5.74) is 0.936. The lowest BCUT2D eigenvalue weighted by Crippen LogP contribution is -2.49. The quantitative estimate of drug-likeness (QED) is 0.747. The number of nitrogens with one attached hydrogen (secondary N) is 1. The Bertz CT molecular complexity index is 1130. The van der Waals surface area contributed by atoms with Gasteiger partial charge in [-0.25, -0.2) is 14.2 Å². The number of nitriles is 1. The lowest BCUT2D eigenvalue weighted by molar-refractivity contribution is 0.175. The lowest BCUT2D eigenvalue weighted by atomic mass is 10.1. The number of urea groups is 1. The van der Waals surface area contributed by atoms with E-state index in [1.807, 2.05) is 26.8 Å². The maximum Gasteiger partial charge on any atom is 0.336 e. The Kier molecular flexibility index (Phi) is 4.21. The topological polar surface area (TPSA) is 103 Å². The predicted octanol–water partition coefficient (Wildman–Crippen LogP) is 2.99. The summed E-state index contributed by atoms with van der Waals surface area (Å²) < 4.78 is 2.79. The van der Waals surface area contributed by atoms with Gasteiger partial charge in [-0.2, -0.15) is 5.26 Å². The Balaban J connectivity index is 1.79. The second-order valence-corrected chi connectivity index (χ2v) is 9.00. The molecule has 2 unspecified atom stereocenters. The number of likely N-dealkylation sites (tertiary alicyclic amines) is 1. The Hall–Kier alpha value is -2.92. The molecule has 1 saturated heterocycles. The van der Waals surface area contributed by atoms with E-state index in [2.05, 4.69) is 5.32 Å². The van der Waals surface area contributed by atoms with E-state index in [1.165, 1.54) is 10.6 Å².